The van der Waals surface area contributed by atoms with Crippen LogP contribution in [0.2, 0.25) is 0 Å². The van der Waals surface area contributed by atoms with Crippen molar-refractivity contribution in [2.24, 2.45) is 0 Å². The van der Waals surface area contributed by atoms with Crippen molar-refractivity contribution >= 4 is 12.1 Å². The van der Waals surface area contributed by atoms with Gasteiger partial charge in [0.05, 0.1) is 0 Å². The Kier molecular flexibility index (Phi) is 3.39. The van der Waals surface area contributed by atoms with E-state index in [9.17, 15) is 18.4 Å². The number of halogens is 2. The predicted octanol–water partition coefficient (Wildman–Crippen LogP) is 1.36. The molecule has 3 N–H and O–H groups in total. The van der Waals surface area contributed by atoms with Gasteiger partial charge < -0.3 is 15.5 Å². The van der Waals surface area contributed by atoms with E-state index in [-0.39, 0.29) is 0 Å². The highest BCUT2D eigenvalue weighted by atomic mass is 19.2. The fourth-order valence-corrected chi connectivity index (χ4v) is 1.14. The van der Waals surface area contributed by atoms with Crippen molar-refractivity contribution in [3.8, 4) is 0 Å². The van der Waals surface area contributed by atoms with Gasteiger partial charge in [-0.1, -0.05) is 12.1 Å². The molecule has 1 unspecified atom stereocenters. The van der Waals surface area contributed by atoms with Gasteiger partial charge in [-0.25, -0.2) is 18.4 Å². The number of carboxylic acids is 1. The van der Waals surface area contributed by atoms with E-state index in [0.717, 1.165) is 18.2 Å². The zero-order valence-electron chi connectivity index (χ0n) is 7.78. The van der Waals surface area contributed by atoms with Crippen molar-refractivity contribution in [2.45, 2.75) is 6.04 Å². The molecule has 7 heteroatoms. The van der Waals surface area contributed by atoms with E-state index in [0.29, 0.717) is 0 Å². The molecule has 0 saturated carbocycles. The van der Waals surface area contributed by atoms with Gasteiger partial charge in [-0.3, -0.25) is 0 Å². The topological polar surface area (TPSA) is 86.6 Å². The highest BCUT2D eigenvalue weighted by Gasteiger charge is 2.26. The predicted molar refractivity (Wildman–Crippen MR) is 47.9 cm³/mol. The molecule has 0 aliphatic rings. The quantitative estimate of drug-likeness (QED) is 0.732. The lowest BCUT2D eigenvalue weighted by Crippen LogP contribution is -2.33. The van der Waals surface area contributed by atoms with Gasteiger partial charge in [0.15, 0.2) is 17.7 Å². The second-order valence-electron chi connectivity index (χ2n) is 2.86. The minimum Gasteiger partial charge on any atom is -0.479 e. The summed E-state index contributed by atoms with van der Waals surface area (Å²) >= 11 is 0. The number of nitrogens with one attached hydrogen (secondary N) is 1. The van der Waals surface area contributed by atoms with E-state index < -0.39 is 35.3 Å². The number of benzene rings is 1. The maximum absolute atomic E-state index is 13.2. The van der Waals surface area contributed by atoms with Gasteiger partial charge in [-0.2, -0.15) is 0 Å². The standard InChI is InChI=1S/C9H7F2NO4/c10-5-3-1-2-4(6(5)11)7(8(13)14)12-9(15)16/h1-3,7,12H,(H,13,14)(H,15,16). The van der Waals surface area contributed by atoms with Crippen LogP contribution in [0.1, 0.15) is 11.6 Å². The first kappa shape index (κ1) is 11.9. The minimum absolute atomic E-state index is 0.574. The van der Waals surface area contributed by atoms with Crippen LogP contribution in [0.5, 0.6) is 0 Å². The van der Waals surface area contributed by atoms with Crippen LogP contribution in [-0.4, -0.2) is 22.3 Å². The van der Waals surface area contributed by atoms with Crippen molar-refractivity contribution in [1.29, 1.82) is 0 Å². The van der Waals surface area contributed by atoms with Crippen LogP contribution < -0.4 is 5.32 Å². The lowest BCUT2D eigenvalue weighted by atomic mass is 10.1. The van der Waals surface area contributed by atoms with E-state index in [2.05, 4.69) is 0 Å². The van der Waals surface area contributed by atoms with Gasteiger partial charge in [0.1, 0.15) is 0 Å². The zero-order valence-corrected chi connectivity index (χ0v) is 7.78. The number of amides is 1. The first-order chi connectivity index (χ1) is 7.43. The molecule has 0 radical (unpaired) electrons. The molecule has 0 heterocycles. The fraction of sp³-hybridized carbons (Fsp3) is 0.111. The molecule has 0 bridgehead atoms. The molecule has 1 aromatic carbocycles. The summed E-state index contributed by atoms with van der Waals surface area (Å²) in [5.74, 6) is -4.24. The summed E-state index contributed by atoms with van der Waals surface area (Å²) in [5.41, 5.74) is -0.574. The highest BCUT2D eigenvalue weighted by molar-refractivity contribution is 5.80. The van der Waals surface area contributed by atoms with Gasteiger partial charge >= 0.3 is 12.1 Å². The van der Waals surface area contributed by atoms with Crippen LogP contribution in [-0.2, 0) is 4.79 Å². The average molecular weight is 231 g/mol. The Morgan fingerprint density at radius 2 is 1.88 bits per heavy atom. The lowest BCUT2D eigenvalue weighted by molar-refractivity contribution is -0.139. The van der Waals surface area contributed by atoms with Gasteiger partial charge in [-0.05, 0) is 6.07 Å². The van der Waals surface area contributed by atoms with Crippen molar-refractivity contribution in [1.82, 2.24) is 5.32 Å². The molecule has 0 fully saturated rings. The van der Waals surface area contributed by atoms with Gasteiger partial charge in [-0.15, -0.1) is 0 Å². The molecule has 16 heavy (non-hydrogen) atoms. The smallest absolute Gasteiger partial charge is 0.405 e. The van der Waals surface area contributed by atoms with E-state index >= 15 is 0 Å². The molecule has 0 aliphatic heterocycles. The number of hydrogen-bond acceptors (Lipinski definition) is 2. The largest absolute Gasteiger partial charge is 0.479 e. The van der Waals surface area contributed by atoms with Crippen LogP contribution >= 0.6 is 0 Å². The molecule has 0 aromatic heterocycles. The Morgan fingerprint density at radius 1 is 1.25 bits per heavy atom. The molecule has 0 aliphatic carbocycles. The Hall–Kier alpha value is -2.18. The van der Waals surface area contributed by atoms with Gasteiger partial charge in [0, 0.05) is 5.56 Å². The van der Waals surface area contributed by atoms with Crippen molar-refractivity contribution in [2.75, 3.05) is 0 Å². The number of rotatable bonds is 3. The van der Waals surface area contributed by atoms with E-state index in [1.54, 1.807) is 5.32 Å². The third kappa shape index (κ3) is 2.44. The van der Waals surface area contributed by atoms with Crippen molar-refractivity contribution in [3.05, 3.63) is 35.4 Å². The summed E-state index contributed by atoms with van der Waals surface area (Å²) in [6.45, 7) is 0. The Bertz CT molecular complexity index is 436. The molecule has 5 nitrogen and oxygen atoms in total. The molecule has 1 amide bonds. The van der Waals surface area contributed by atoms with Crippen molar-refractivity contribution < 1.29 is 28.6 Å². The Morgan fingerprint density at radius 3 is 2.38 bits per heavy atom. The lowest BCUT2D eigenvalue weighted by Gasteiger charge is -2.13. The number of carboxylic acid groups (broad SMARTS) is 2. The first-order valence-electron chi connectivity index (χ1n) is 4.09. The van der Waals surface area contributed by atoms with Crippen LogP contribution in [0, 0.1) is 11.6 Å². The second kappa shape index (κ2) is 4.56. The molecule has 1 aromatic rings. The van der Waals surface area contributed by atoms with Crippen LogP contribution in [0.25, 0.3) is 0 Å². The summed E-state index contributed by atoms with van der Waals surface area (Å²) in [5, 5.41) is 18.6. The molecule has 86 valence electrons. The van der Waals surface area contributed by atoms with E-state index in [4.69, 9.17) is 10.2 Å². The van der Waals surface area contributed by atoms with Gasteiger partial charge in [0.25, 0.3) is 0 Å². The number of carbonyl (C=O) groups is 2. The maximum atomic E-state index is 13.2. The summed E-state index contributed by atoms with van der Waals surface area (Å²) in [6, 6.07) is 1.05. The molecule has 0 saturated heterocycles. The SMILES string of the molecule is O=C(O)NC(C(=O)O)c1cccc(F)c1F. The zero-order chi connectivity index (χ0) is 12.3. The summed E-state index contributed by atoms with van der Waals surface area (Å²) in [7, 11) is 0. The van der Waals surface area contributed by atoms with E-state index in [1.165, 1.54) is 0 Å². The summed E-state index contributed by atoms with van der Waals surface area (Å²) in [6.07, 6.45) is -1.64. The minimum atomic E-state index is -1.84. The highest BCUT2D eigenvalue weighted by Crippen LogP contribution is 2.19. The van der Waals surface area contributed by atoms with Crippen LogP contribution in [0.15, 0.2) is 18.2 Å². The Balaban J connectivity index is 3.16. The third-order valence-corrected chi connectivity index (χ3v) is 1.81. The van der Waals surface area contributed by atoms with Crippen LogP contribution in [0.4, 0.5) is 13.6 Å². The number of aliphatic carboxylic acids is 1. The van der Waals surface area contributed by atoms with E-state index in [1.807, 2.05) is 0 Å². The summed E-state index contributed by atoms with van der Waals surface area (Å²) < 4.78 is 26.0. The normalized spacial score (nSPS) is 11.9. The average Bonchev–Trinajstić information content (AvgIpc) is 2.18. The number of hydrogen-bond donors (Lipinski definition) is 3. The fourth-order valence-electron chi connectivity index (χ4n) is 1.14. The monoisotopic (exact) mass is 231 g/mol. The van der Waals surface area contributed by atoms with Crippen LogP contribution in [0.3, 0.4) is 0 Å². The molecule has 1 atom stereocenters. The van der Waals surface area contributed by atoms with Gasteiger partial charge in [0.2, 0.25) is 0 Å². The second-order valence-corrected chi connectivity index (χ2v) is 2.86. The van der Waals surface area contributed by atoms with Crippen molar-refractivity contribution in [3.63, 3.8) is 0 Å². The third-order valence-electron chi connectivity index (χ3n) is 1.81. The molecular formula is C9H7F2NO4. The first-order valence-corrected chi connectivity index (χ1v) is 4.09. The molecule has 0 spiro atoms. The Labute approximate surface area is 88.3 Å². The maximum Gasteiger partial charge on any atom is 0.405 e. The summed E-state index contributed by atoms with van der Waals surface area (Å²) in [4.78, 5) is 21.0. The molecular weight excluding hydrogens is 224 g/mol. The molecule has 1 rings (SSSR count).